The number of terminal acetylenes is 2. The molecule has 0 aliphatic carbocycles. The van der Waals surface area contributed by atoms with E-state index in [2.05, 4.69) is 11.8 Å². The van der Waals surface area contributed by atoms with Crippen molar-refractivity contribution in [2.75, 3.05) is 13.2 Å². The molecule has 2 rings (SSSR count). The number of ether oxygens (including phenoxy) is 2. The van der Waals surface area contributed by atoms with Gasteiger partial charge in [0.25, 0.3) is 0 Å². The molecular weight excluding hydrogens is 372 g/mol. The molecule has 0 saturated carbocycles. The molecule has 0 amide bonds. The summed E-state index contributed by atoms with van der Waals surface area (Å²) < 4.78 is 11.2. The first-order chi connectivity index (χ1) is 13.8. The van der Waals surface area contributed by atoms with Crippen molar-refractivity contribution in [1.29, 1.82) is 0 Å². The molecule has 2 aromatic rings. The van der Waals surface area contributed by atoms with Gasteiger partial charge in [0.2, 0.25) is 0 Å². The zero-order chi connectivity index (χ0) is 21.6. The second-order valence-electron chi connectivity index (χ2n) is 6.58. The molecule has 0 saturated heterocycles. The average Bonchev–Trinajstić information content (AvgIpc) is 2.69. The summed E-state index contributed by atoms with van der Waals surface area (Å²) in [4.78, 5) is 23.9. The van der Waals surface area contributed by atoms with Gasteiger partial charge in [0.15, 0.2) is 0 Å². The Hall–Kier alpha value is -3.90. The lowest BCUT2D eigenvalue weighted by atomic mass is 9.73. The topological polar surface area (TPSA) is 93.1 Å². The number of aromatic carboxylic acids is 2. The molecule has 0 unspecified atom stereocenters. The normalized spacial score (nSPS) is 10.5. The number of rotatable bonds is 8. The maximum absolute atomic E-state index is 11.9. The van der Waals surface area contributed by atoms with Crippen molar-refractivity contribution >= 4 is 11.9 Å². The molecule has 148 valence electrons. The molecule has 0 spiro atoms. The fraction of sp³-hybridized carbons (Fsp3) is 0.217. The Morgan fingerprint density at radius 2 is 1.24 bits per heavy atom. The van der Waals surface area contributed by atoms with Gasteiger partial charge >= 0.3 is 11.9 Å². The third-order valence-corrected chi connectivity index (χ3v) is 4.39. The molecule has 6 heteroatoms. The molecule has 0 radical (unpaired) electrons. The van der Waals surface area contributed by atoms with Crippen molar-refractivity contribution in [3.8, 4) is 36.2 Å². The lowest BCUT2D eigenvalue weighted by Gasteiger charge is -2.32. The molecule has 0 fully saturated rings. The van der Waals surface area contributed by atoms with E-state index < -0.39 is 17.4 Å². The SMILES string of the molecule is C#CCOc1cccc(C(=O)O)c1C(C)(C)c1c(OCC#C)cccc1C(=O)O. The second kappa shape index (κ2) is 8.86. The van der Waals surface area contributed by atoms with Gasteiger partial charge in [0.1, 0.15) is 24.7 Å². The Morgan fingerprint density at radius 3 is 1.55 bits per heavy atom. The van der Waals surface area contributed by atoms with Crippen molar-refractivity contribution in [2.24, 2.45) is 0 Å². The molecule has 6 nitrogen and oxygen atoms in total. The van der Waals surface area contributed by atoms with Gasteiger partial charge in [-0.25, -0.2) is 9.59 Å². The van der Waals surface area contributed by atoms with Gasteiger partial charge in [-0.3, -0.25) is 0 Å². The third kappa shape index (κ3) is 4.34. The third-order valence-electron chi connectivity index (χ3n) is 4.39. The predicted molar refractivity (Wildman–Crippen MR) is 108 cm³/mol. The van der Waals surface area contributed by atoms with Crippen LogP contribution in [0.5, 0.6) is 11.5 Å². The summed E-state index contributed by atoms with van der Waals surface area (Å²) in [5, 5.41) is 19.5. The molecule has 29 heavy (non-hydrogen) atoms. The Balaban J connectivity index is 2.86. The fourth-order valence-corrected chi connectivity index (χ4v) is 3.31. The highest BCUT2D eigenvalue weighted by atomic mass is 16.5. The summed E-state index contributed by atoms with van der Waals surface area (Å²) in [6.45, 7) is 3.24. The Morgan fingerprint density at radius 1 is 0.862 bits per heavy atom. The van der Waals surface area contributed by atoms with Crippen LogP contribution in [0.3, 0.4) is 0 Å². The molecule has 0 aliphatic rings. The van der Waals surface area contributed by atoms with Crippen LogP contribution in [-0.2, 0) is 5.41 Å². The molecule has 2 N–H and O–H groups in total. The molecule has 2 aromatic carbocycles. The first kappa shape index (κ1) is 21.4. The number of carboxylic acids is 2. The summed E-state index contributed by atoms with van der Waals surface area (Å²) in [6.07, 6.45) is 10.6. The molecule has 0 bridgehead atoms. The zero-order valence-electron chi connectivity index (χ0n) is 16.1. The predicted octanol–water partition coefficient (Wildman–Crippen LogP) is 3.43. The van der Waals surface area contributed by atoms with Gasteiger partial charge in [0.05, 0.1) is 11.1 Å². The van der Waals surface area contributed by atoms with Gasteiger partial charge in [-0.15, -0.1) is 12.8 Å². The number of hydrogen-bond donors (Lipinski definition) is 2. The second-order valence-corrected chi connectivity index (χ2v) is 6.58. The smallest absolute Gasteiger partial charge is 0.336 e. The Labute approximate surface area is 169 Å². The highest BCUT2D eigenvalue weighted by Crippen LogP contribution is 2.44. The molecule has 0 atom stereocenters. The van der Waals surface area contributed by atoms with Gasteiger partial charge in [-0.2, -0.15) is 0 Å². The van der Waals surface area contributed by atoms with Crippen molar-refractivity contribution < 1.29 is 29.3 Å². The maximum Gasteiger partial charge on any atom is 0.336 e. The van der Waals surface area contributed by atoms with Crippen molar-refractivity contribution in [2.45, 2.75) is 19.3 Å². The van der Waals surface area contributed by atoms with Gasteiger partial charge in [0, 0.05) is 16.5 Å². The molecule has 0 heterocycles. The van der Waals surface area contributed by atoms with Crippen LogP contribution in [-0.4, -0.2) is 35.4 Å². The number of carbonyl (C=O) groups is 2. The van der Waals surface area contributed by atoms with Crippen LogP contribution in [0.15, 0.2) is 36.4 Å². The fourth-order valence-electron chi connectivity index (χ4n) is 3.31. The van der Waals surface area contributed by atoms with Crippen molar-refractivity contribution in [3.63, 3.8) is 0 Å². The van der Waals surface area contributed by atoms with Gasteiger partial charge < -0.3 is 19.7 Å². The van der Waals surface area contributed by atoms with Crippen LogP contribution in [0.2, 0.25) is 0 Å². The van der Waals surface area contributed by atoms with E-state index >= 15 is 0 Å². The van der Waals surface area contributed by atoms with Crippen molar-refractivity contribution in [1.82, 2.24) is 0 Å². The summed E-state index contributed by atoms with van der Waals surface area (Å²) >= 11 is 0. The zero-order valence-corrected chi connectivity index (χ0v) is 16.1. The van der Waals surface area contributed by atoms with Crippen LogP contribution < -0.4 is 9.47 Å². The lowest BCUT2D eigenvalue weighted by Crippen LogP contribution is -2.27. The summed E-state index contributed by atoms with van der Waals surface area (Å²) in [5.74, 6) is 2.81. The molecular formula is C23H20O6. The number of benzene rings is 2. The monoisotopic (exact) mass is 392 g/mol. The minimum Gasteiger partial charge on any atom is -0.481 e. The van der Waals surface area contributed by atoms with Crippen LogP contribution in [0.25, 0.3) is 0 Å². The van der Waals surface area contributed by atoms with Crippen LogP contribution >= 0.6 is 0 Å². The summed E-state index contributed by atoms with van der Waals surface area (Å²) in [5.41, 5.74) is -0.651. The highest BCUT2D eigenvalue weighted by Gasteiger charge is 2.37. The van der Waals surface area contributed by atoms with Crippen molar-refractivity contribution in [3.05, 3.63) is 58.7 Å². The number of hydrogen-bond acceptors (Lipinski definition) is 4. The van der Waals surface area contributed by atoms with E-state index in [9.17, 15) is 19.8 Å². The van der Waals surface area contributed by atoms with E-state index in [0.717, 1.165) is 0 Å². The van der Waals surface area contributed by atoms with E-state index in [1.54, 1.807) is 26.0 Å². The van der Waals surface area contributed by atoms with Gasteiger partial charge in [-0.1, -0.05) is 37.8 Å². The minimum absolute atomic E-state index is 0.0346. The minimum atomic E-state index is -1.18. The molecule has 0 aliphatic heterocycles. The quantitative estimate of drug-likeness (QED) is 0.669. The van der Waals surface area contributed by atoms with Crippen LogP contribution in [0, 0.1) is 24.7 Å². The average molecular weight is 392 g/mol. The van der Waals surface area contributed by atoms with E-state index in [1.165, 1.54) is 24.3 Å². The summed E-state index contributed by atoms with van der Waals surface area (Å²) in [7, 11) is 0. The first-order valence-corrected chi connectivity index (χ1v) is 8.61. The van der Waals surface area contributed by atoms with E-state index in [-0.39, 0.29) is 47.0 Å². The first-order valence-electron chi connectivity index (χ1n) is 8.61. The summed E-state index contributed by atoms with van der Waals surface area (Å²) in [6, 6.07) is 9.10. The van der Waals surface area contributed by atoms with E-state index in [4.69, 9.17) is 22.3 Å². The van der Waals surface area contributed by atoms with E-state index in [0.29, 0.717) is 0 Å². The molecule has 0 aromatic heterocycles. The largest absolute Gasteiger partial charge is 0.481 e. The standard InChI is InChI=1S/C23H20O6/c1-5-13-28-17-11-7-9-15(21(24)25)19(17)23(3,4)20-16(22(26)27)10-8-12-18(20)29-14-6-2/h1-2,7-12H,13-14H2,3-4H3,(H,24,25)(H,26,27). The maximum atomic E-state index is 11.9. The van der Waals surface area contributed by atoms with Crippen LogP contribution in [0.1, 0.15) is 45.7 Å². The van der Waals surface area contributed by atoms with E-state index in [1.807, 2.05) is 0 Å². The van der Waals surface area contributed by atoms with Gasteiger partial charge in [-0.05, 0) is 24.3 Å². The highest BCUT2D eigenvalue weighted by molar-refractivity contribution is 5.94. The lowest BCUT2D eigenvalue weighted by molar-refractivity contribution is 0.0686. The van der Waals surface area contributed by atoms with Crippen LogP contribution in [0.4, 0.5) is 0 Å². The Kier molecular flexibility index (Phi) is 6.54. The number of carboxylic acid groups (broad SMARTS) is 2. The Bertz CT molecular complexity index is 939.